The van der Waals surface area contributed by atoms with E-state index in [4.69, 9.17) is 4.42 Å². The summed E-state index contributed by atoms with van der Waals surface area (Å²) >= 11 is 1.56. The Morgan fingerprint density at radius 3 is 2.79 bits per heavy atom. The molecule has 2 aromatic heterocycles. The molecule has 3 rings (SSSR count). The van der Waals surface area contributed by atoms with E-state index >= 15 is 0 Å². The molecule has 1 aromatic carbocycles. The molecule has 0 saturated heterocycles. The number of thiazole rings is 1. The van der Waals surface area contributed by atoms with Gasteiger partial charge in [-0.2, -0.15) is 0 Å². The molecule has 6 nitrogen and oxygen atoms in total. The molecule has 0 aliphatic heterocycles. The summed E-state index contributed by atoms with van der Waals surface area (Å²) in [5, 5.41) is 6.07. The lowest BCUT2D eigenvalue weighted by atomic mass is 10.3. The van der Waals surface area contributed by atoms with Crippen molar-refractivity contribution < 1.29 is 14.0 Å². The molecule has 0 aliphatic carbocycles. The lowest BCUT2D eigenvalue weighted by Crippen LogP contribution is -2.43. The van der Waals surface area contributed by atoms with Gasteiger partial charge >= 0.3 is 0 Å². The predicted molar refractivity (Wildman–Crippen MR) is 92.4 cm³/mol. The number of fused-ring (bicyclic) bond motifs is 1. The molecule has 2 heterocycles. The van der Waals surface area contributed by atoms with Crippen LogP contribution in [0.3, 0.4) is 0 Å². The number of aromatic nitrogens is 1. The first kappa shape index (κ1) is 16.2. The largest absolute Gasteiger partial charge is 0.457 e. The Labute approximate surface area is 142 Å². The molecular formula is C17H17N3O3S. The molecule has 0 fully saturated rings. The topological polar surface area (TPSA) is 84.2 Å². The highest BCUT2D eigenvalue weighted by molar-refractivity contribution is 7.21. The first-order chi connectivity index (χ1) is 11.5. The summed E-state index contributed by atoms with van der Waals surface area (Å²) in [5.41, 5.74) is 0.938. The van der Waals surface area contributed by atoms with Crippen LogP contribution in [0.15, 0.2) is 40.8 Å². The number of amides is 2. The highest BCUT2D eigenvalue weighted by Crippen LogP contribution is 2.30. The van der Waals surface area contributed by atoms with Crippen LogP contribution in [0.5, 0.6) is 0 Å². The Hall–Kier alpha value is -2.67. The van der Waals surface area contributed by atoms with Crippen molar-refractivity contribution in [1.82, 2.24) is 15.6 Å². The summed E-state index contributed by atoms with van der Waals surface area (Å²) in [5.74, 6) is 0.805. The Balaban J connectivity index is 1.65. The smallest absolute Gasteiger partial charge is 0.242 e. The summed E-state index contributed by atoms with van der Waals surface area (Å²) in [6, 6.07) is 11.0. The normalized spacial score (nSPS) is 12.1. The first-order valence-electron chi connectivity index (χ1n) is 7.52. The van der Waals surface area contributed by atoms with Crippen LogP contribution in [0.25, 0.3) is 21.0 Å². The molecule has 124 valence electrons. The summed E-state index contributed by atoms with van der Waals surface area (Å²) in [7, 11) is 0. The third-order valence-electron chi connectivity index (χ3n) is 3.42. The van der Waals surface area contributed by atoms with Gasteiger partial charge in [0.05, 0.1) is 16.8 Å². The highest BCUT2D eigenvalue weighted by Gasteiger charge is 2.15. The zero-order valence-electron chi connectivity index (χ0n) is 13.3. The molecule has 2 amide bonds. The van der Waals surface area contributed by atoms with Gasteiger partial charge in [-0.3, -0.25) is 9.59 Å². The molecular weight excluding hydrogens is 326 g/mol. The third-order valence-corrected chi connectivity index (χ3v) is 4.47. The van der Waals surface area contributed by atoms with Crippen molar-refractivity contribution >= 4 is 33.4 Å². The molecule has 3 aromatic rings. The van der Waals surface area contributed by atoms with Crippen LogP contribution < -0.4 is 10.6 Å². The van der Waals surface area contributed by atoms with Gasteiger partial charge in [-0.05, 0) is 31.2 Å². The molecule has 0 saturated carbocycles. The van der Waals surface area contributed by atoms with E-state index in [1.807, 2.05) is 36.4 Å². The van der Waals surface area contributed by atoms with Crippen LogP contribution in [0.2, 0.25) is 0 Å². The van der Waals surface area contributed by atoms with Gasteiger partial charge in [0.2, 0.25) is 11.8 Å². The maximum absolute atomic E-state index is 11.9. The van der Waals surface area contributed by atoms with Crippen molar-refractivity contribution in [2.75, 3.05) is 0 Å². The highest BCUT2D eigenvalue weighted by atomic mass is 32.1. The Morgan fingerprint density at radius 2 is 2.04 bits per heavy atom. The van der Waals surface area contributed by atoms with E-state index < -0.39 is 6.04 Å². The van der Waals surface area contributed by atoms with E-state index in [9.17, 15) is 9.59 Å². The second-order valence-corrected chi connectivity index (χ2v) is 6.42. The van der Waals surface area contributed by atoms with E-state index in [2.05, 4.69) is 15.6 Å². The average Bonchev–Trinajstić information content (AvgIpc) is 3.18. The molecule has 7 heteroatoms. The van der Waals surface area contributed by atoms with E-state index in [0.29, 0.717) is 11.5 Å². The van der Waals surface area contributed by atoms with Crippen molar-refractivity contribution in [3.63, 3.8) is 0 Å². The summed E-state index contributed by atoms with van der Waals surface area (Å²) in [4.78, 5) is 27.4. The molecule has 0 unspecified atom stereocenters. The van der Waals surface area contributed by atoms with E-state index in [1.54, 1.807) is 18.3 Å². The Bertz CT molecular complexity index is 851. The van der Waals surface area contributed by atoms with E-state index in [1.165, 1.54) is 6.92 Å². The minimum atomic E-state index is -0.582. The number of furan rings is 1. The minimum Gasteiger partial charge on any atom is -0.457 e. The summed E-state index contributed by atoms with van der Waals surface area (Å²) in [6.07, 6.45) is 0. The lowest BCUT2D eigenvalue weighted by molar-refractivity contribution is -0.127. The molecule has 1 atom stereocenters. The zero-order valence-corrected chi connectivity index (χ0v) is 14.1. The number of nitrogens with zero attached hydrogens (tertiary/aromatic N) is 1. The monoisotopic (exact) mass is 343 g/mol. The van der Waals surface area contributed by atoms with Crippen LogP contribution in [-0.4, -0.2) is 22.8 Å². The fourth-order valence-corrected chi connectivity index (χ4v) is 3.19. The summed E-state index contributed by atoms with van der Waals surface area (Å²) in [6.45, 7) is 3.26. The lowest BCUT2D eigenvalue weighted by Gasteiger charge is -2.11. The van der Waals surface area contributed by atoms with Gasteiger partial charge in [-0.15, -0.1) is 11.3 Å². The minimum absolute atomic E-state index is 0.242. The number of hydrogen-bond acceptors (Lipinski definition) is 5. The molecule has 2 N–H and O–H groups in total. The maximum atomic E-state index is 11.9. The SMILES string of the molecule is CC(=O)N[C@@H](C)C(=O)NCc1ccc(-c2nc3ccccc3s2)o1. The quantitative estimate of drug-likeness (QED) is 0.746. The number of benzene rings is 1. The molecule has 0 aliphatic rings. The van der Waals surface area contributed by atoms with Gasteiger partial charge in [0.1, 0.15) is 11.8 Å². The second-order valence-electron chi connectivity index (χ2n) is 5.39. The number of carbonyl (C=O) groups excluding carboxylic acids is 2. The number of carbonyl (C=O) groups is 2. The van der Waals surface area contributed by atoms with Gasteiger partial charge in [0, 0.05) is 6.92 Å². The van der Waals surface area contributed by atoms with E-state index in [-0.39, 0.29) is 18.4 Å². The van der Waals surface area contributed by atoms with Crippen LogP contribution in [-0.2, 0) is 16.1 Å². The van der Waals surface area contributed by atoms with E-state index in [0.717, 1.165) is 15.2 Å². The van der Waals surface area contributed by atoms with Gasteiger partial charge in [-0.25, -0.2) is 4.98 Å². The number of para-hydroxylation sites is 1. The molecule has 0 radical (unpaired) electrons. The standard InChI is InChI=1S/C17H17N3O3S/c1-10(19-11(2)21)16(22)18-9-12-7-8-14(23-12)17-20-13-5-3-4-6-15(13)24-17/h3-8,10H,9H2,1-2H3,(H,18,22)(H,19,21)/t10-/m0/s1. The van der Waals surface area contributed by atoms with Crippen molar-refractivity contribution in [2.45, 2.75) is 26.4 Å². The van der Waals surface area contributed by atoms with Gasteiger partial charge in [0.15, 0.2) is 10.8 Å². The first-order valence-corrected chi connectivity index (χ1v) is 8.34. The van der Waals surface area contributed by atoms with Crippen LogP contribution in [0.1, 0.15) is 19.6 Å². The van der Waals surface area contributed by atoms with Crippen LogP contribution >= 0.6 is 11.3 Å². The van der Waals surface area contributed by atoms with Crippen molar-refractivity contribution in [3.05, 3.63) is 42.2 Å². The molecule has 0 spiro atoms. The zero-order chi connectivity index (χ0) is 17.1. The van der Waals surface area contributed by atoms with Crippen molar-refractivity contribution in [2.24, 2.45) is 0 Å². The number of nitrogens with one attached hydrogen (secondary N) is 2. The van der Waals surface area contributed by atoms with Crippen molar-refractivity contribution in [1.29, 1.82) is 0 Å². The average molecular weight is 343 g/mol. The third kappa shape index (κ3) is 3.62. The summed E-state index contributed by atoms with van der Waals surface area (Å²) < 4.78 is 6.86. The van der Waals surface area contributed by atoms with Gasteiger partial charge < -0.3 is 15.1 Å². The second kappa shape index (κ2) is 6.84. The molecule has 0 bridgehead atoms. The Morgan fingerprint density at radius 1 is 1.25 bits per heavy atom. The fraction of sp³-hybridized carbons (Fsp3) is 0.235. The van der Waals surface area contributed by atoms with Crippen LogP contribution in [0, 0.1) is 0 Å². The predicted octanol–water partition coefficient (Wildman–Crippen LogP) is 2.70. The van der Waals surface area contributed by atoms with Crippen LogP contribution in [0.4, 0.5) is 0 Å². The number of hydrogen-bond donors (Lipinski definition) is 2. The fourth-order valence-electron chi connectivity index (χ4n) is 2.26. The van der Waals surface area contributed by atoms with Crippen molar-refractivity contribution in [3.8, 4) is 10.8 Å². The Kier molecular flexibility index (Phi) is 4.61. The van der Waals surface area contributed by atoms with Gasteiger partial charge in [-0.1, -0.05) is 12.1 Å². The van der Waals surface area contributed by atoms with Gasteiger partial charge in [0.25, 0.3) is 0 Å². The maximum Gasteiger partial charge on any atom is 0.242 e. The number of rotatable bonds is 5. The molecule has 24 heavy (non-hydrogen) atoms.